The zero-order valence-electron chi connectivity index (χ0n) is 10.3. The molecule has 0 aromatic heterocycles. The van der Waals surface area contributed by atoms with Gasteiger partial charge in [0.25, 0.3) is 0 Å². The van der Waals surface area contributed by atoms with Crippen molar-refractivity contribution in [3.8, 4) is 0 Å². The van der Waals surface area contributed by atoms with Crippen LogP contribution >= 0.6 is 0 Å². The third-order valence-electron chi connectivity index (χ3n) is 2.58. The van der Waals surface area contributed by atoms with Gasteiger partial charge in [0.15, 0.2) is 0 Å². The lowest BCUT2D eigenvalue weighted by Crippen LogP contribution is -2.28. The van der Waals surface area contributed by atoms with E-state index >= 15 is 0 Å². The van der Waals surface area contributed by atoms with Crippen LogP contribution in [0.5, 0.6) is 0 Å². The number of aliphatic carboxylic acids is 1. The molecule has 1 atom stereocenters. The smallest absolute Gasteiger partial charge is 0.312 e. The first-order valence-corrected chi connectivity index (χ1v) is 5.70. The topological polar surface area (TPSA) is 75.6 Å². The Hall–Kier alpha value is -1.88. The first kappa shape index (κ1) is 14.2. The Labute approximate surface area is 106 Å². The molecule has 0 spiro atoms. The molecule has 0 saturated heterocycles. The van der Waals surface area contributed by atoms with E-state index in [1.165, 1.54) is 7.11 Å². The highest BCUT2D eigenvalue weighted by atomic mass is 16.5. The van der Waals surface area contributed by atoms with Gasteiger partial charge in [0.2, 0.25) is 0 Å². The van der Waals surface area contributed by atoms with Crippen LogP contribution in [0.2, 0.25) is 0 Å². The Bertz CT molecular complexity index is 391. The maximum absolute atomic E-state index is 11.2. The molecule has 1 aromatic carbocycles. The summed E-state index contributed by atoms with van der Waals surface area (Å²) in [7, 11) is 1.33. The van der Waals surface area contributed by atoms with E-state index in [0.29, 0.717) is 6.54 Å². The van der Waals surface area contributed by atoms with Crippen LogP contribution in [0.25, 0.3) is 0 Å². The molecule has 18 heavy (non-hydrogen) atoms. The molecule has 0 aliphatic heterocycles. The molecule has 5 heteroatoms. The van der Waals surface area contributed by atoms with Crippen molar-refractivity contribution >= 4 is 11.9 Å². The maximum atomic E-state index is 11.2. The summed E-state index contributed by atoms with van der Waals surface area (Å²) in [5.41, 5.74) is 0.746. The predicted octanol–water partition coefficient (Wildman–Crippen LogP) is 1.01. The van der Waals surface area contributed by atoms with Crippen molar-refractivity contribution in [1.29, 1.82) is 0 Å². The number of carbonyl (C=O) groups excluding carboxylic acids is 1. The molecule has 0 fully saturated rings. The largest absolute Gasteiger partial charge is 0.481 e. The van der Waals surface area contributed by atoms with Crippen molar-refractivity contribution in [1.82, 2.24) is 5.32 Å². The number of ether oxygens (including phenoxy) is 1. The van der Waals surface area contributed by atoms with E-state index in [1.807, 2.05) is 6.07 Å². The van der Waals surface area contributed by atoms with Crippen LogP contribution in [0.4, 0.5) is 0 Å². The Morgan fingerprint density at radius 1 is 1.33 bits per heavy atom. The lowest BCUT2D eigenvalue weighted by molar-refractivity contribution is -0.140. The molecule has 1 rings (SSSR count). The highest BCUT2D eigenvalue weighted by molar-refractivity contribution is 5.76. The number of hydrogen-bond acceptors (Lipinski definition) is 4. The Kier molecular flexibility index (Phi) is 5.87. The predicted molar refractivity (Wildman–Crippen MR) is 66.3 cm³/mol. The monoisotopic (exact) mass is 251 g/mol. The van der Waals surface area contributed by atoms with Gasteiger partial charge in [0.1, 0.15) is 0 Å². The van der Waals surface area contributed by atoms with Crippen LogP contribution in [0.3, 0.4) is 0 Å². The lowest BCUT2D eigenvalue weighted by atomic mass is 9.99. The molecular formula is C13H17NO4. The summed E-state index contributed by atoms with van der Waals surface area (Å²) in [6, 6.07) is 9.01. The number of carboxylic acids is 1. The van der Waals surface area contributed by atoms with Gasteiger partial charge in [0.05, 0.1) is 19.4 Å². The molecule has 0 heterocycles. The summed E-state index contributed by atoms with van der Waals surface area (Å²) < 4.78 is 4.49. The summed E-state index contributed by atoms with van der Waals surface area (Å²) >= 11 is 0. The molecule has 0 aliphatic carbocycles. The molecule has 2 N–H and O–H groups in total. The van der Waals surface area contributed by atoms with Crippen LogP contribution in [-0.4, -0.2) is 37.2 Å². The van der Waals surface area contributed by atoms with Gasteiger partial charge in [-0.25, -0.2) is 0 Å². The minimum atomic E-state index is -0.883. The summed E-state index contributed by atoms with van der Waals surface area (Å²) in [6.45, 7) is 0.694. The lowest BCUT2D eigenvalue weighted by Gasteiger charge is -2.13. The van der Waals surface area contributed by atoms with Crippen molar-refractivity contribution in [2.45, 2.75) is 12.3 Å². The normalized spacial score (nSPS) is 11.8. The Balaban J connectivity index is 2.45. The molecule has 98 valence electrons. The molecule has 0 saturated carbocycles. The fourth-order valence-corrected chi connectivity index (χ4v) is 1.57. The van der Waals surface area contributed by atoms with E-state index in [1.54, 1.807) is 24.3 Å². The third-order valence-corrected chi connectivity index (χ3v) is 2.58. The highest BCUT2D eigenvalue weighted by Crippen LogP contribution is 2.14. The molecule has 0 amide bonds. The second-order valence-corrected chi connectivity index (χ2v) is 3.83. The maximum Gasteiger partial charge on any atom is 0.312 e. The second-order valence-electron chi connectivity index (χ2n) is 3.83. The number of carboxylic acid groups (broad SMARTS) is 1. The van der Waals surface area contributed by atoms with Gasteiger partial charge in [-0.05, 0) is 5.56 Å². The summed E-state index contributed by atoms with van der Waals surface area (Å²) in [6.07, 6.45) is 0.234. The van der Waals surface area contributed by atoms with E-state index in [2.05, 4.69) is 10.1 Å². The van der Waals surface area contributed by atoms with Crippen molar-refractivity contribution < 1.29 is 19.4 Å². The fourth-order valence-electron chi connectivity index (χ4n) is 1.57. The first-order chi connectivity index (χ1) is 8.65. The average Bonchev–Trinajstić information content (AvgIpc) is 2.38. The molecule has 0 bridgehead atoms. The second kappa shape index (κ2) is 7.45. The number of nitrogens with one attached hydrogen (secondary N) is 1. The van der Waals surface area contributed by atoms with E-state index < -0.39 is 11.9 Å². The zero-order valence-corrected chi connectivity index (χ0v) is 10.3. The SMILES string of the molecule is COC(=O)CCNCC(C(=O)O)c1ccccc1. The number of benzene rings is 1. The molecule has 5 nitrogen and oxygen atoms in total. The van der Waals surface area contributed by atoms with Gasteiger partial charge < -0.3 is 15.2 Å². The summed E-state index contributed by atoms with van der Waals surface area (Å²) in [4.78, 5) is 22.0. The fraction of sp³-hybridized carbons (Fsp3) is 0.385. The van der Waals surface area contributed by atoms with Gasteiger partial charge >= 0.3 is 11.9 Å². The minimum Gasteiger partial charge on any atom is -0.481 e. The van der Waals surface area contributed by atoms with E-state index in [4.69, 9.17) is 5.11 Å². The van der Waals surface area contributed by atoms with E-state index in [0.717, 1.165) is 5.56 Å². The third kappa shape index (κ3) is 4.55. The minimum absolute atomic E-state index is 0.234. The van der Waals surface area contributed by atoms with Crippen LogP contribution in [0.1, 0.15) is 17.9 Å². The molecule has 1 unspecified atom stereocenters. The summed E-state index contributed by atoms with van der Waals surface area (Å²) in [5.74, 6) is -1.80. The zero-order chi connectivity index (χ0) is 13.4. The van der Waals surface area contributed by atoms with E-state index in [9.17, 15) is 9.59 Å². The standard InChI is InChI=1S/C13H17NO4/c1-18-12(15)7-8-14-9-11(13(16)17)10-5-3-2-4-6-10/h2-6,11,14H,7-9H2,1H3,(H,16,17). The quantitative estimate of drug-likeness (QED) is 0.558. The average molecular weight is 251 g/mol. The number of hydrogen-bond donors (Lipinski definition) is 2. The first-order valence-electron chi connectivity index (χ1n) is 5.70. The van der Waals surface area contributed by atoms with Gasteiger partial charge in [-0.1, -0.05) is 30.3 Å². The van der Waals surface area contributed by atoms with Crippen LogP contribution in [0.15, 0.2) is 30.3 Å². The van der Waals surface area contributed by atoms with Gasteiger partial charge in [-0.2, -0.15) is 0 Å². The van der Waals surface area contributed by atoms with Gasteiger partial charge in [0, 0.05) is 13.1 Å². The van der Waals surface area contributed by atoms with Crippen LogP contribution in [0, 0.1) is 0 Å². The molecule has 0 radical (unpaired) electrons. The van der Waals surface area contributed by atoms with E-state index in [-0.39, 0.29) is 18.9 Å². The number of carbonyl (C=O) groups is 2. The number of esters is 1. The van der Waals surface area contributed by atoms with Gasteiger partial charge in [-0.3, -0.25) is 9.59 Å². The number of methoxy groups -OCH3 is 1. The Morgan fingerprint density at radius 2 is 2.00 bits per heavy atom. The van der Waals surface area contributed by atoms with Crippen molar-refractivity contribution in [2.75, 3.05) is 20.2 Å². The van der Waals surface area contributed by atoms with Gasteiger partial charge in [-0.15, -0.1) is 0 Å². The van der Waals surface area contributed by atoms with Crippen LogP contribution < -0.4 is 5.32 Å². The van der Waals surface area contributed by atoms with Crippen molar-refractivity contribution in [3.05, 3.63) is 35.9 Å². The van der Waals surface area contributed by atoms with Crippen molar-refractivity contribution in [3.63, 3.8) is 0 Å². The summed E-state index contributed by atoms with van der Waals surface area (Å²) in [5, 5.41) is 12.1. The number of rotatable bonds is 7. The van der Waals surface area contributed by atoms with Crippen molar-refractivity contribution in [2.24, 2.45) is 0 Å². The molecular weight excluding hydrogens is 234 g/mol. The van der Waals surface area contributed by atoms with Crippen LogP contribution in [-0.2, 0) is 14.3 Å². The molecule has 1 aromatic rings. The Morgan fingerprint density at radius 3 is 2.56 bits per heavy atom. The highest BCUT2D eigenvalue weighted by Gasteiger charge is 2.18. The molecule has 0 aliphatic rings.